The molecule has 3 fully saturated rings. The van der Waals surface area contributed by atoms with Crippen LogP contribution in [-0.2, 0) is 20.9 Å². The van der Waals surface area contributed by atoms with Crippen molar-refractivity contribution in [3.05, 3.63) is 76.8 Å². The SMILES string of the molecule is O=C(C(Br)=C[C@H]1[C@@H]2CC(CCOCC(=O)N(Cc3ccccc3)c3ccccc3)C[C@H]2C[C@@H]1O)C1CCCC1. The third-order valence-corrected chi connectivity index (χ3v) is 9.73. The number of fused-ring (bicyclic) bond motifs is 1. The number of amides is 1. The van der Waals surface area contributed by atoms with Crippen LogP contribution in [0.1, 0.15) is 56.9 Å². The van der Waals surface area contributed by atoms with E-state index in [1.165, 1.54) is 0 Å². The van der Waals surface area contributed by atoms with Crippen molar-refractivity contribution in [2.24, 2.45) is 29.6 Å². The first-order valence-electron chi connectivity index (χ1n) is 14.6. The maximum absolute atomic E-state index is 13.2. The van der Waals surface area contributed by atoms with E-state index in [9.17, 15) is 14.7 Å². The topological polar surface area (TPSA) is 66.8 Å². The number of hydrogen-bond donors (Lipinski definition) is 1. The van der Waals surface area contributed by atoms with Gasteiger partial charge in [-0.3, -0.25) is 9.59 Å². The molecule has 5 nitrogen and oxygen atoms in total. The minimum Gasteiger partial charge on any atom is -0.392 e. The van der Waals surface area contributed by atoms with Crippen LogP contribution in [0, 0.1) is 29.6 Å². The zero-order chi connectivity index (χ0) is 27.2. The van der Waals surface area contributed by atoms with Crippen LogP contribution < -0.4 is 4.90 Å². The van der Waals surface area contributed by atoms with Crippen molar-refractivity contribution in [1.29, 1.82) is 0 Å². The summed E-state index contributed by atoms with van der Waals surface area (Å²) in [5.74, 6) is 1.79. The van der Waals surface area contributed by atoms with Crippen LogP contribution in [0.25, 0.3) is 0 Å². The molecule has 0 bridgehead atoms. The van der Waals surface area contributed by atoms with Crippen molar-refractivity contribution in [3.63, 3.8) is 0 Å². The van der Waals surface area contributed by atoms with Gasteiger partial charge >= 0.3 is 0 Å². The zero-order valence-electron chi connectivity index (χ0n) is 22.6. The van der Waals surface area contributed by atoms with E-state index in [-0.39, 0.29) is 36.2 Å². The molecule has 0 aliphatic heterocycles. The molecule has 1 amide bonds. The Kier molecular flexibility index (Phi) is 9.70. The van der Waals surface area contributed by atoms with Gasteiger partial charge in [-0.15, -0.1) is 0 Å². The number of Topliss-reactive ketones (excluding diaryl/α,β-unsaturated/α-hetero) is 1. The highest BCUT2D eigenvalue weighted by Crippen LogP contribution is 2.52. The fourth-order valence-electron chi connectivity index (χ4n) is 7.06. The number of anilines is 1. The van der Waals surface area contributed by atoms with E-state index in [0.717, 1.165) is 62.6 Å². The molecule has 1 N–H and O–H groups in total. The maximum atomic E-state index is 13.2. The molecule has 2 aromatic carbocycles. The molecule has 3 aliphatic rings. The molecular weight excluding hydrogens is 554 g/mol. The number of halogens is 1. The van der Waals surface area contributed by atoms with Gasteiger partial charge in [0.1, 0.15) is 6.61 Å². The van der Waals surface area contributed by atoms with Gasteiger partial charge in [0.25, 0.3) is 5.91 Å². The lowest BCUT2D eigenvalue weighted by atomic mass is 9.89. The van der Waals surface area contributed by atoms with Gasteiger partial charge in [-0.05, 0) is 89.9 Å². The van der Waals surface area contributed by atoms with Gasteiger partial charge in [0.2, 0.25) is 0 Å². The van der Waals surface area contributed by atoms with Crippen molar-refractivity contribution in [2.45, 2.75) is 64.0 Å². The summed E-state index contributed by atoms with van der Waals surface area (Å²) < 4.78 is 6.59. The Morgan fingerprint density at radius 3 is 2.38 bits per heavy atom. The summed E-state index contributed by atoms with van der Waals surface area (Å²) in [6.45, 7) is 1.12. The fraction of sp³-hybridized carbons (Fsp3) is 0.515. The Bertz CT molecular complexity index is 1130. The lowest BCUT2D eigenvalue weighted by Crippen LogP contribution is -2.33. The highest BCUT2D eigenvalue weighted by molar-refractivity contribution is 9.12. The number of ketones is 1. The van der Waals surface area contributed by atoms with Crippen LogP contribution in [0.2, 0.25) is 0 Å². The number of carbonyl (C=O) groups excluding carboxylic acids is 2. The Labute approximate surface area is 240 Å². The molecule has 0 heterocycles. The molecule has 208 valence electrons. The van der Waals surface area contributed by atoms with Gasteiger partial charge in [0, 0.05) is 24.1 Å². The van der Waals surface area contributed by atoms with E-state index in [2.05, 4.69) is 15.9 Å². The van der Waals surface area contributed by atoms with Crippen molar-refractivity contribution in [1.82, 2.24) is 0 Å². The average molecular weight is 595 g/mol. The summed E-state index contributed by atoms with van der Waals surface area (Å²) in [6, 6.07) is 19.8. The van der Waals surface area contributed by atoms with Crippen LogP contribution in [0.4, 0.5) is 5.69 Å². The molecular formula is C33H40BrNO4. The van der Waals surface area contributed by atoms with Crippen LogP contribution in [0.3, 0.4) is 0 Å². The predicted octanol–water partition coefficient (Wildman–Crippen LogP) is 6.69. The second-order valence-corrected chi connectivity index (χ2v) is 12.5. The highest BCUT2D eigenvalue weighted by atomic mass is 79.9. The highest BCUT2D eigenvalue weighted by Gasteiger charge is 2.47. The molecule has 3 aliphatic carbocycles. The monoisotopic (exact) mass is 593 g/mol. The van der Waals surface area contributed by atoms with E-state index in [1.54, 1.807) is 4.90 Å². The molecule has 39 heavy (non-hydrogen) atoms. The van der Waals surface area contributed by atoms with Gasteiger partial charge in [-0.25, -0.2) is 0 Å². The third kappa shape index (κ3) is 7.08. The Balaban J connectivity index is 1.11. The first kappa shape index (κ1) is 28.3. The van der Waals surface area contributed by atoms with Gasteiger partial charge < -0.3 is 14.7 Å². The average Bonchev–Trinajstić information content (AvgIpc) is 3.69. The molecule has 0 spiro atoms. The fourth-order valence-corrected chi connectivity index (χ4v) is 7.69. The number of nitrogens with zero attached hydrogens (tertiary/aromatic N) is 1. The van der Waals surface area contributed by atoms with Gasteiger partial charge in [0.15, 0.2) is 5.78 Å². The number of carbonyl (C=O) groups is 2. The normalized spacial score (nSPS) is 27.0. The summed E-state index contributed by atoms with van der Waals surface area (Å²) in [5.41, 5.74) is 1.95. The summed E-state index contributed by atoms with van der Waals surface area (Å²) in [4.78, 5) is 27.8. The third-order valence-electron chi connectivity index (χ3n) is 9.08. The van der Waals surface area contributed by atoms with Crippen LogP contribution in [-0.4, -0.2) is 36.1 Å². The summed E-state index contributed by atoms with van der Waals surface area (Å²) in [7, 11) is 0. The standard InChI is InChI=1S/C33H40BrNO4/c34-30(33(38)25-11-7-8-12-25)20-29-28-18-24(17-26(28)19-31(29)36)15-16-39-22-32(37)35(27-13-5-2-6-14-27)21-23-9-3-1-4-10-23/h1-6,9-10,13-14,20,24-26,28-29,31,36H,7-8,11-12,15-19,21-22H2/t24?,26-,28+,29-,31-/m0/s1. The Morgan fingerprint density at radius 2 is 1.67 bits per heavy atom. The predicted molar refractivity (Wildman–Crippen MR) is 157 cm³/mol. The first-order valence-corrected chi connectivity index (χ1v) is 15.4. The molecule has 1 unspecified atom stereocenters. The van der Waals surface area contributed by atoms with Crippen LogP contribution in [0.5, 0.6) is 0 Å². The van der Waals surface area contributed by atoms with Gasteiger partial charge in [0.05, 0.1) is 17.1 Å². The second kappa shape index (κ2) is 13.4. The summed E-state index contributed by atoms with van der Waals surface area (Å²) >= 11 is 3.56. The van der Waals surface area contributed by atoms with Gasteiger partial charge in [-0.2, -0.15) is 0 Å². The summed E-state index contributed by atoms with van der Waals surface area (Å²) in [5, 5.41) is 10.8. The molecule has 5 atom stereocenters. The lowest BCUT2D eigenvalue weighted by molar-refractivity contribution is -0.123. The van der Waals surface area contributed by atoms with E-state index in [0.29, 0.717) is 35.4 Å². The van der Waals surface area contributed by atoms with Crippen LogP contribution >= 0.6 is 15.9 Å². The lowest BCUT2D eigenvalue weighted by Gasteiger charge is -2.23. The van der Waals surface area contributed by atoms with E-state index in [4.69, 9.17) is 4.74 Å². The molecule has 6 heteroatoms. The molecule has 0 radical (unpaired) electrons. The number of aliphatic hydroxyl groups is 1. The first-order chi connectivity index (χ1) is 19.0. The number of benzene rings is 2. The number of rotatable bonds is 11. The minimum absolute atomic E-state index is 0.0413. The van der Waals surface area contributed by atoms with E-state index >= 15 is 0 Å². The Morgan fingerprint density at radius 1 is 0.974 bits per heavy atom. The summed E-state index contributed by atoms with van der Waals surface area (Å²) in [6.07, 6.45) is 9.77. The number of aliphatic hydroxyl groups excluding tert-OH is 1. The quantitative estimate of drug-likeness (QED) is 0.233. The smallest absolute Gasteiger partial charge is 0.253 e. The number of allylic oxidation sites excluding steroid dienone is 1. The van der Waals surface area contributed by atoms with Crippen molar-refractivity contribution in [2.75, 3.05) is 18.1 Å². The molecule has 5 rings (SSSR count). The maximum Gasteiger partial charge on any atom is 0.253 e. The molecule has 3 saturated carbocycles. The van der Waals surface area contributed by atoms with Crippen molar-refractivity contribution >= 4 is 33.3 Å². The number of para-hydroxylation sites is 1. The number of hydrogen-bond acceptors (Lipinski definition) is 4. The largest absolute Gasteiger partial charge is 0.392 e. The molecule has 0 aromatic heterocycles. The molecule has 0 saturated heterocycles. The van der Waals surface area contributed by atoms with Gasteiger partial charge in [-0.1, -0.05) is 67.4 Å². The minimum atomic E-state index is -0.368. The van der Waals surface area contributed by atoms with Crippen LogP contribution in [0.15, 0.2) is 71.2 Å². The number of ether oxygens (including phenoxy) is 1. The zero-order valence-corrected chi connectivity index (χ0v) is 24.2. The molecule has 2 aromatic rings. The Hall–Kier alpha value is -2.28. The van der Waals surface area contributed by atoms with Crippen molar-refractivity contribution in [3.8, 4) is 0 Å². The van der Waals surface area contributed by atoms with E-state index < -0.39 is 0 Å². The second-order valence-electron chi connectivity index (χ2n) is 11.6. The van der Waals surface area contributed by atoms with E-state index in [1.807, 2.05) is 66.7 Å². The van der Waals surface area contributed by atoms with Crippen molar-refractivity contribution < 1.29 is 19.4 Å².